The lowest BCUT2D eigenvalue weighted by Gasteiger charge is -2.28. The lowest BCUT2D eigenvalue weighted by Crippen LogP contribution is -2.43. The second-order valence-corrected chi connectivity index (χ2v) is 8.01. The number of para-hydroxylation sites is 1. The molecule has 1 unspecified atom stereocenters. The summed E-state index contributed by atoms with van der Waals surface area (Å²) in [6.07, 6.45) is 0.859. The number of hydrogen-bond acceptors (Lipinski definition) is 4. The molecule has 3 amide bonds. The molecule has 1 heterocycles. The second kappa shape index (κ2) is 9.60. The van der Waals surface area contributed by atoms with Gasteiger partial charge < -0.3 is 15.5 Å². The van der Waals surface area contributed by atoms with Crippen LogP contribution in [0.15, 0.2) is 53.4 Å². The van der Waals surface area contributed by atoms with Gasteiger partial charge in [-0.15, -0.1) is 11.8 Å². The van der Waals surface area contributed by atoms with Crippen molar-refractivity contribution in [3.63, 3.8) is 0 Å². The van der Waals surface area contributed by atoms with Crippen LogP contribution in [-0.2, 0) is 16.1 Å². The Hall–Kier alpha value is -2.80. The van der Waals surface area contributed by atoms with Crippen molar-refractivity contribution < 1.29 is 14.4 Å². The van der Waals surface area contributed by atoms with Crippen LogP contribution in [0.4, 0.5) is 5.69 Å². The molecule has 0 bridgehead atoms. The van der Waals surface area contributed by atoms with Crippen molar-refractivity contribution in [2.45, 2.75) is 37.8 Å². The van der Waals surface area contributed by atoms with Crippen molar-refractivity contribution in [3.05, 3.63) is 59.7 Å². The summed E-state index contributed by atoms with van der Waals surface area (Å²) in [5.41, 5.74) is 2.16. The number of fused-ring (bicyclic) bond motifs is 1. The van der Waals surface area contributed by atoms with E-state index < -0.39 is 0 Å². The molecule has 6 nitrogen and oxygen atoms in total. The minimum atomic E-state index is -0.241. The van der Waals surface area contributed by atoms with Crippen molar-refractivity contribution >= 4 is 35.2 Å². The summed E-state index contributed by atoms with van der Waals surface area (Å²) < 4.78 is 0. The molecule has 0 saturated heterocycles. The van der Waals surface area contributed by atoms with Crippen LogP contribution < -0.4 is 15.5 Å². The first kappa shape index (κ1) is 20.9. The van der Waals surface area contributed by atoms with Crippen LogP contribution in [0.2, 0.25) is 0 Å². The standard InChI is InChI=1S/C22H25N3O3S/c1-3-15(2)24-22(28)17-8-6-7-16(11-17)12-23-20(26)13-25-18-9-4-5-10-19(18)29-14-21(25)27/h4-11,15H,3,12-14H2,1-2H3,(H,23,26)(H,24,28). The zero-order valence-electron chi connectivity index (χ0n) is 16.6. The summed E-state index contributed by atoms with van der Waals surface area (Å²) in [6, 6.07) is 14.9. The molecule has 1 aliphatic heterocycles. The summed E-state index contributed by atoms with van der Waals surface area (Å²) in [5.74, 6) is -0.111. The van der Waals surface area contributed by atoms with Crippen molar-refractivity contribution in [3.8, 4) is 0 Å². The van der Waals surface area contributed by atoms with Gasteiger partial charge in [0, 0.05) is 23.0 Å². The Morgan fingerprint density at radius 2 is 1.97 bits per heavy atom. The van der Waals surface area contributed by atoms with E-state index in [9.17, 15) is 14.4 Å². The Labute approximate surface area is 175 Å². The van der Waals surface area contributed by atoms with Gasteiger partial charge in [0.2, 0.25) is 11.8 Å². The first-order chi connectivity index (χ1) is 14.0. The van der Waals surface area contributed by atoms with Crippen LogP contribution in [-0.4, -0.2) is 36.1 Å². The first-order valence-corrected chi connectivity index (χ1v) is 10.6. The maximum Gasteiger partial charge on any atom is 0.251 e. The topological polar surface area (TPSA) is 78.5 Å². The Bertz CT molecular complexity index is 916. The van der Waals surface area contributed by atoms with Crippen molar-refractivity contribution in [1.29, 1.82) is 0 Å². The third kappa shape index (κ3) is 5.38. The van der Waals surface area contributed by atoms with E-state index >= 15 is 0 Å². The van der Waals surface area contributed by atoms with E-state index in [1.165, 1.54) is 16.7 Å². The van der Waals surface area contributed by atoms with E-state index in [1.807, 2.05) is 44.2 Å². The van der Waals surface area contributed by atoms with E-state index in [1.54, 1.807) is 18.2 Å². The van der Waals surface area contributed by atoms with Crippen LogP contribution in [0.5, 0.6) is 0 Å². The minimum absolute atomic E-state index is 0.0232. The number of carbonyl (C=O) groups excluding carboxylic acids is 3. The normalized spacial score (nSPS) is 14.1. The SMILES string of the molecule is CCC(C)NC(=O)c1cccc(CNC(=O)CN2C(=O)CSc3ccccc32)c1. The molecule has 2 aromatic rings. The Morgan fingerprint density at radius 1 is 1.17 bits per heavy atom. The van der Waals surface area contributed by atoms with Crippen molar-refractivity contribution in [2.24, 2.45) is 0 Å². The van der Waals surface area contributed by atoms with E-state index in [0.717, 1.165) is 22.6 Å². The van der Waals surface area contributed by atoms with Crippen LogP contribution >= 0.6 is 11.8 Å². The predicted molar refractivity (Wildman–Crippen MR) is 115 cm³/mol. The van der Waals surface area contributed by atoms with Gasteiger partial charge in [0.1, 0.15) is 6.54 Å². The largest absolute Gasteiger partial charge is 0.350 e. The average molecular weight is 412 g/mol. The molecule has 2 N–H and O–H groups in total. The zero-order chi connectivity index (χ0) is 20.8. The Balaban J connectivity index is 1.59. The monoisotopic (exact) mass is 411 g/mol. The van der Waals surface area contributed by atoms with Gasteiger partial charge in [-0.2, -0.15) is 0 Å². The first-order valence-electron chi connectivity index (χ1n) is 9.66. The number of nitrogens with zero attached hydrogens (tertiary/aromatic N) is 1. The molecule has 1 aliphatic rings. The summed E-state index contributed by atoms with van der Waals surface area (Å²) in [6.45, 7) is 4.24. The zero-order valence-corrected chi connectivity index (χ0v) is 17.4. The molecular formula is C22H25N3O3S. The molecule has 29 heavy (non-hydrogen) atoms. The van der Waals surface area contributed by atoms with Crippen LogP contribution in [0.3, 0.4) is 0 Å². The molecule has 0 radical (unpaired) electrons. The number of anilines is 1. The maximum atomic E-state index is 12.5. The molecule has 7 heteroatoms. The highest BCUT2D eigenvalue weighted by molar-refractivity contribution is 8.00. The molecule has 0 spiro atoms. The molecule has 152 valence electrons. The highest BCUT2D eigenvalue weighted by atomic mass is 32.2. The minimum Gasteiger partial charge on any atom is -0.350 e. The number of carbonyl (C=O) groups is 3. The summed E-state index contributed by atoms with van der Waals surface area (Å²) >= 11 is 1.49. The fourth-order valence-corrected chi connectivity index (χ4v) is 3.89. The number of nitrogens with one attached hydrogen (secondary N) is 2. The fourth-order valence-electron chi connectivity index (χ4n) is 2.96. The number of thioether (sulfide) groups is 1. The fraction of sp³-hybridized carbons (Fsp3) is 0.318. The molecule has 0 fully saturated rings. The van der Waals surface area contributed by atoms with E-state index in [4.69, 9.17) is 0 Å². The van der Waals surface area contributed by atoms with Crippen LogP contribution in [0.1, 0.15) is 36.2 Å². The second-order valence-electron chi connectivity index (χ2n) is 7.00. The van der Waals surface area contributed by atoms with Gasteiger partial charge >= 0.3 is 0 Å². The number of rotatable bonds is 7. The molecule has 1 atom stereocenters. The van der Waals surface area contributed by atoms with Crippen molar-refractivity contribution in [2.75, 3.05) is 17.2 Å². The van der Waals surface area contributed by atoms with Crippen LogP contribution in [0.25, 0.3) is 0 Å². The van der Waals surface area contributed by atoms with Gasteiger partial charge in [-0.1, -0.05) is 31.2 Å². The van der Waals surface area contributed by atoms with E-state index in [0.29, 0.717) is 17.9 Å². The van der Waals surface area contributed by atoms with Gasteiger partial charge in [-0.05, 0) is 43.2 Å². The molecule has 0 aromatic heterocycles. The Morgan fingerprint density at radius 3 is 2.76 bits per heavy atom. The van der Waals surface area contributed by atoms with Gasteiger partial charge in [-0.25, -0.2) is 0 Å². The molecule has 2 aromatic carbocycles. The number of hydrogen-bond donors (Lipinski definition) is 2. The summed E-state index contributed by atoms with van der Waals surface area (Å²) in [5, 5.41) is 5.78. The Kier molecular flexibility index (Phi) is 6.93. The van der Waals surface area contributed by atoms with Gasteiger partial charge in [0.05, 0.1) is 11.4 Å². The number of amides is 3. The maximum absolute atomic E-state index is 12.5. The van der Waals surface area contributed by atoms with Crippen molar-refractivity contribution in [1.82, 2.24) is 10.6 Å². The predicted octanol–water partition coefficient (Wildman–Crippen LogP) is 2.97. The molecule has 0 saturated carbocycles. The molecule has 0 aliphatic carbocycles. The van der Waals surface area contributed by atoms with Gasteiger partial charge in [0.15, 0.2) is 0 Å². The lowest BCUT2D eigenvalue weighted by molar-refractivity contribution is -0.123. The summed E-state index contributed by atoms with van der Waals surface area (Å²) in [7, 11) is 0. The van der Waals surface area contributed by atoms with Crippen LogP contribution in [0, 0.1) is 0 Å². The third-order valence-electron chi connectivity index (χ3n) is 4.78. The lowest BCUT2D eigenvalue weighted by atomic mass is 10.1. The highest BCUT2D eigenvalue weighted by Gasteiger charge is 2.26. The molecular weight excluding hydrogens is 386 g/mol. The van der Waals surface area contributed by atoms with Gasteiger partial charge in [-0.3, -0.25) is 14.4 Å². The quantitative estimate of drug-likeness (QED) is 0.734. The summed E-state index contributed by atoms with van der Waals surface area (Å²) in [4.78, 5) is 39.5. The highest BCUT2D eigenvalue weighted by Crippen LogP contribution is 2.34. The number of benzene rings is 2. The molecule has 3 rings (SSSR count). The van der Waals surface area contributed by atoms with Gasteiger partial charge in [0.25, 0.3) is 5.91 Å². The third-order valence-corrected chi connectivity index (χ3v) is 5.83. The van der Waals surface area contributed by atoms with E-state index in [-0.39, 0.29) is 30.3 Å². The average Bonchev–Trinajstić information content (AvgIpc) is 2.74. The smallest absolute Gasteiger partial charge is 0.251 e. The van der Waals surface area contributed by atoms with E-state index in [2.05, 4.69) is 10.6 Å².